The van der Waals surface area contributed by atoms with Crippen molar-refractivity contribution in [3.05, 3.63) is 33.9 Å². The van der Waals surface area contributed by atoms with Gasteiger partial charge in [0.1, 0.15) is 12.0 Å². The number of benzene rings is 1. The van der Waals surface area contributed by atoms with E-state index in [0.717, 1.165) is 25.9 Å². The maximum atomic E-state index is 11.3. The molecule has 2 aliphatic heterocycles. The van der Waals surface area contributed by atoms with E-state index in [1.165, 1.54) is 12.5 Å². The second kappa shape index (κ2) is 5.44. The summed E-state index contributed by atoms with van der Waals surface area (Å²) >= 11 is 0. The van der Waals surface area contributed by atoms with Crippen molar-refractivity contribution in [3.63, 3.8) is 0 Å². The highest BCUT2D eigenvalue weighted by atomic mass is 16.6. The fourth-order valence-corrected chi connectivity index (χ4v) is 3.55. The summed E-state index contributed by atoms with van der Waals surface area (Å²) in [6.07, 6.45) is 4.05. The van der Waals surface area contributed by atoms with E-state index < -0.39 is 4.92 Å². The molecule has 0 N–H and O–H groups in total. The molecule has 112 valence electrons. The van der Waals surface area contributed by atoms with Crippen LogP contribution in [0.15, 0.2) is 18.2 Å². The van der Waals surface area contributed by atoms with Gasteiger partial charge in [0.15, 0.2) is 0 Å². The molecule has 2 unspecified atom stereocenters. The summed E-state index contributed by atoms with van der Waals surface area (Å²) < 4.78 is 0. The van der Waals surface area contributed by atoms with Gasteiger partial charge < -0.3 is 4.90 Å². The molecular weight excluding hydrogens is 270 g/mol. The summed E-state index contributed by atoms with van der Waals surface area (Å²) in [4.78, 5) is 26.2. The highest BCUT2D eigenvalue weighted by Crippen LogP contribution is 2.34. The Kier molecular flexibility index (Phi) is 3.63. The molecule has 2 saturated heterocycles. The maximum absolute atomic E-state index is 11.3. The summed E-state index contributed by atoms with van der Waals surface area (Å²) in [5, 5.41) is 11.3. The largest absolute Gasteiger partial charge is 0.364 e. The van der Waals surface area contributed by atoms with E-state index in [1.54, 1.807) is 12.1 Å². The van der Waals surface area contributed by atoms with Gasteiger partial charge in [0.05, 0.1) is 4.92 Å². The number of carbonyl (C=O) groups excluding carboxylic acids is 1. The highest BCUT2D eigenvalue weighted by molar-refractivity contribution is 5.79. The summed E-state index contributed by atoms with van der Waals surface area (Å²) in [7, 11) is 2.15. The molecule has 2 aliphatic rings. The molecule has 2 atom stereocenters. The number of hydrogen-bond acceptors (Lipinski definition) is 5. The first-order chi connectivity index (χ1) is 10.1. The third-order valence-corrected chi connectivity index (χ3v) is 4.82. The molecule has 21 heavy (non-hydrogen) atoms. The summed E-state index contributed by atoms with van der Waals surface area (Å²) in [5.41, 5.74) is 1.01. The molecule has 0 amide bonds. The second-order valence-electron chi connectivity index (χ2n) is 5.91. The van der Waals surface area contributed by atoms with Gasteiger partial charge in [-0.1, -0.05) is 0 Å². The first kappa shape index (κ1) is 14.0. The van der Waals surface area contributed by atoms with Gasteiger partial charge in [-0.05, 0) is 38.4 Å². The number of carbonyl (C=O) groups is 1. The van der Waals surface area contributed by atoms with E-state index in [9.17, 15) is 14.9 Å². The van der Waals surface area contributed by atoms with Crippen molar-refractivity contribution in [2.24, 2.45) is 0 Å². The van der Waals surface area contributed by atoms with Crippen molar-refractivity contribution in [2.45, 2.75) is 31.3 Å². The summed E-state index contributed by atoms with van der Waals surface area (Å²) in [6.45, 7) is 1.64. The Labute approximate surface area is 123 Å². The standard InChI is InChI=1S/C15H19N3O3/c1-16-12-3-4-13(16)9-17(7-6-12)14-5-2-11(10-19)8-15(14)18(20)21/h2,5,8,10,12-13H,3-4,6-7,9H2,1H3. The average molecular weight is 289 g/mol. The van der Waals surface area contributed by atoms with E-state index in [1.807, 2.05) is 0 Å². The number of nitro benzene ring substituents is 1. The molecule has 0 aromatic heterocycles. The van der Waals surface area contributed by atoms with Crippen LogP contribution in [0.25, 0.3) is 0 Å². The van der Waals surface area contributed by atoms with E-state index in [-0.39, 0.29) is 5.69 Å². The number of rotatable bonds is 3. The molecule has 0 aliphatic carbocycles. The number of fused-ring (bicyclic) bond motifs is 2. The Balaban J connectivity index is 1.93. The Hall–Kier alpha value is -1.95. The molecule has 1 aromatic rings. The lowest BCUT2D eigenvalue weighted by Crippen LogP contribution is -2.36. The van der Waals surface area contributed by atoms with Crippen LogP contribution in [-0.2, 0) is 0 Å². The zero-order valence-electron chi connectivity index (χ0n) is 12.1. The SMILES string of the molecule is CN1C2CCC1CN(c1ccc(C=O)cc1[N+](=O)[O-])CC2. The molecule has 2 fully saturated rings. The third kappa shape index (κ3) is 2.51. The Morgan fingerprint density at radius 1 is 1.29 bits per heavy atom. The molecular formula is C15H19N3O3. The molecule has 0 spiro atoms. The van der Waals surface area contributed by atoms with E-state index >= 15 is 0 Å². The second-order valence-corrected chi connectivity index (χ2v) is 5.91. The van der Waals surface area contributed by atoms with E-state index in [2.05, 4.69) is 16.8 Å². The van der Waals surface area contributed by atoms with Gasteiger partial charge in [0.2, 0.25) is 0 Å². The maximum Gasteiger partial charge on any atom is 0.293 e. The number of anilines is 1. The molecule has 3 rings (SSSR count). The van der Waals surface area contributed by atoms with Crippen LogP contribution >= 0.6 is 0 Å². The van der Waals surface area contributed by atoms with Gasteiger partial charge in [-0.25, -0.2) is 0 Å². The monoisotopic (exact) mass is 289 g/mol. The number of likely N-dealkylation sites (N-methyl/N-ethyl adjacent to an activating group) is 1. The average Bonchev–Trinajstić information content (AvgIpc) is 2.72. The van der Waals surface area contributed by atoms with Gasteiger partial charge in [0.25, 0.3) is 5.69 Å². The van der Waals surface area contributed by atoms with Crippen LogP contribution in [0.4, 0.5) is 11.4 Å². The van der Waals surface area contributed by atoms with Crippen molar-refractivity contribution >= 4 is 17.7 Å². The van der Waals surface area contributed by atoms with Crippen molar-refractivity contribution in [2.75, 3.05) is 25.0 Å². The molecule has 6 heteroatoms. The van der Waals surface area contributed by atoms with Crippen LogP contribution in [-0.4, -0.2) is 48.3 Å². The Morgan fingerprint density at radius 3 is 2.76 bits per heavy atom. The Bertz CT molecular complexity index is 575. The fourth-order valence-electron chi connectivity index (χ4n) is 3.55. The highest BCUT2D eigenvalue weighted by Gasteiger charge is 2.36. The third-order valence-electron chi connectivity index (χ3n) is 4.82. The number of nitrogens with zero attached hydrogens (tertiary/aromatic N) is 3. The predicted octanol–water partition coefficient (Wildman–Crippen LogP) is 2.08. The lowest BCUT2D eigenvalue weighted by Gasteiger charge is -2.27. The fraction of sp³-hybridized carbons (Fsp3) is 0.533. The zero-order valence-corrected chi connectivity index (χ0v) is 12.1. The molecule has 0 radical (unpaired) electrons. The van der Waals surface area contributed by atoms with E-state index in [4.69, 9.17) is 0 Å². The van der Waals surface area contributed by atoms with Crippen molar-refractivity contribution in [1.29, 1.82) is 0 Å². The lowest BCUT2D eigenvalue weighted by atomic mass is 10.1. The van der Waals surface area contributed by atoms with Crippen LogP contribution in [0.5, 0.6) is 0 Å². The number of nitro groups is 1. The van der Waals surface area contributed by atoms with Crippen molar-refractivity contribution < 1.29 is 9.72 Å². The number of aldehydes is 1. The van der Waals surface area contributed by atoms with E-state index in [0.29, 0.717) is 29.6 Å². The Morgan fingerprint density at radius 2 is 2.05 bits per heavy atom. The predicted molar refractivity (Wildman–Crippen MR) is 79.9 cm³/mol. The topological polar surface area (TPSA) is 66.7 Å². The van der Waals surface area contributed by atoms with Gasteiger partial charge in [-0.15, -0.1) is 0 Å². The van der Waals surface area contributed by atoms with Gasteiger partial charge in [0, 0.05) is 36.8 Å². The van der Waals surface area contributed by atoms with Crippen LogP contribution in [0.2, 0.25) is 0 Å². The molecule has 2 bridgehead atoms. The normalized spacial score (nSPS) is 25.7. The van der Waals surface area contributed by atoms with Gasteiger partial charge in [-0.2, -0.15) is 0 Å². The lowest BCUT2D eigenvalue weighted by molar-refractivity contribution is -0.384. The van der Waals surface area contributed by atoms with Crippen molar-refractivity contribution in [1.82, 2.24) is 4.90 Å². The first-order valence-corrected chi connectivity index (χ1v) is 7.30. The quantitative estimate of drug-likeness (QED) is 0.484. The molecule has 2 heterocycles. The van der Waals surface area contributed by atoms with Crippen molar-refractivity contribution in [3.8, 4) is 0 Å². The van der Waals surface area contributed by atoms with Crippen LogP contribution in [0.3, 0.4) is 0 Å². The zero-order chi connectivity index (χ0) is 15.0. The minimum Gasteiger partial charge on any atom is -0.364 e. The first-order valence-electron chi connectivity index (χ1n) is 7.30. The van der Waals surface area contributed by atoms with Crippen LogP contribution in [0.1, 0.15) is 29.6 Å². The van der Waals surface area contributed by atoms with Crippen LogP contribution < -0.4 is 4.90 Å². The van der Waals surface area contributed by atoms with Crippen LogP contribution in [0, 0.1) is 10.1 Å². The molecule has 1 aromatic carbocycles. The van der Waals surface area contributed by atoms with Gasteiger partial charge in [-0.3, -0.25) is 19.8 Å². The van der Waals surface area contributed by atoms with Gasteiger partial charge >= 0.3 is 0 Å². The minimum atomic E-state index is -0.394. The molecule has 6 nitrogen and oxygen atoms in total. The minimum absolute atomic E-state index is 0.0278. The summed E-state index contributed by atoms with van der Waals surface area (Å²) in [6, 6.07) is 5.79. The number of hydrogen-bond donors (Lipinski definition) is 0. The smallest absolute Gasteiger partial charge is 0.293 e. The summed E-state index contributed by atoms with van der Waals surface area (Å²) in [5.74, 6) is 0. The molecule has 0 saturated carbocycles.